The van der Waals surface area contributed by atoms with Gasteiger partial charge in [0.15, 0.2) is 0 Å². The minimum Gasteiger partial charge on any atom is -0.495 e. The molecule has 1 aliphatic rings. The molecular weight excluding hydrogens is 400 g/mol. The second-order valence-electron chi connectivity index (χ2n) is 6.32. The number of hydrogen-bond acceptors (Lipinski definition) is 5. The Balaban J connectivity index is 1.58. The summed E-state index contributed by atoms with van der Waals surface area (Å²) in [7, 11) is 3.02. The molecular formula is C20H21ClN2O4S. The van der Waals surface area contributed by atoms with Gasteiger partial charge in [0.1, 0.15) is 11.5 Å². The second-order valence-corrected chi connectivity index (χ2v) is 7.77. The monoisotopic (exact) mass is 420 g/mol. The lowest BCUT2D eigenvalue weighted by Gasteiger charge is -2.13. The molecule has 1 fully saturated rings. The maximum atomic E-state index is 12.3. The van der Waals surface area contributed by atoms with Gasteiger partial charge in [-0.05, 0) is 37.1 Å². The summed E-state index contributed by atoms with van der Waals surface area (Å²) in [6.07, 6.45) is 1.92. The molecule has 3 rings (SSSR count). The Hall–Kier alpha value is -2.38. The number of hydrogen-bond donors (Lipinski definition) is 2. The average Bonchev–Trinajstić information content (AvgIpc) is 3.52. The summed E-state index contributed by atoms with van der Waals surface area (Å²) in [4.78, 5) is 25.1. The van der Waals surface area contributed by atoms with Crippen molar-refractivity contribution in [3.63, 3.8) is 0 Å². The number of halogens is 1. The summed E-state index contributed by atoms with van der Waals surface area (Å²) in [5.41, 5.74) is 1.22. The van der Waals surface area contributed by atoms with Crippen molar-refractivity contribution >= 4 is 46.6 Å². The molecule has 1 saturated carbocycles. The Labute approximate surface area is 172 Å². The zero-order valence-corrected chi connectivity index (χ0v) is 17.2. The zero-order chi connectivity index (χ0) is 20.1. The molecule has 2 amide bonds. The lowest BCUT2D eigenvalue weighted by Crippen LogP contribution is -2.15. The van der Waals surface area contributed by atoms with Crippen molar-refractivity contribution < 1.29 is 19.1 Å². The summed E-state index contributed by atoms with van der Waals surface area (Å²) < 4.78 is 10.4. The zero-order valence-electron chi connectivity index (χ0n) is 15.6. The normalized spacial score (nSPS) is 13.0. The first-order valence-corrected chi connectivity index (χ1v) is 10.1. The fraction of sp³-hybridized carbons (Fsp3) is 0.300. The summed E-state index contributed by atoms with van der Waals surface area (Å²) in [5, 5.41) is 6.09. The smallest absolute Gasteiger partial charge is 0.234 e. The molecule has 0 heterocycles. The van der Waals surface area contributed by atoms with Gasteiger partial charge in [-0.1, -0.05) is 17.7 Å². The molecule has 2 aromatic carbocycles. The van der Waals surface area contributed by atoms with E-state index in [0.717, 1.165) is 23.4 Å². The summed E-state index contributed by atoms with van der Waals surface area (Å²) >= 11 is 7.51. The number of carbonyl (C=O) groups excluding carboxylic acids is 2. The van der Waals surface area contributed by atoms with E-state index in [1.54, 1.807) is 12.1 Å². The van der Waals surface area contributed by atoms with Gasteiger partial charge in [-0.25, -0.2) is 0 Å². The molecule has 2 N–H and O–H groups in total. The Morgan fingerprint density at radius 1 is 1.11 bits per heavy atom. The molecule has 28 heavy (non-hydrogen) atoms. The third-order valence-electron chi connectivity index (χ3n) is 4.17. The number of ether oxygens (including phenoxy) is 2. The third kappa shape index (κ3) is 5.33. The van der Waals surface area contributed by atoms with Gasteiger partial charge >= 0.3 is 0 Å². The number of benzene rings is 2. The van der Waals surface area contributed by atoms with E-state index in [1.807, 2.05) is 24.3 Å². The molecule has 0 bridgehead atoms. The summed E-state index contributed by atoms with van der Waals surface area (Å²) in [6, 6.07) is 10.7. The Kier molecular flexibility index (Phi) is 6.70. The quantitative estimate of drug-likeness (QED) is 0.617. The van der Waals surface area contributed by atoms with Gasteiger partial charge in [0.05, 0.1) is 30.7 Å². The summed E-state index contributed by atoms with van der Waals surface area (Å²) in [5.74, 6) is 1.14. The number of carbonyl (C=O) groups is 2. The van der Waals surface area contributed by atoms with E-state index < -0.39 is 0 Å². The van der Waals surface area contributed by atoms with E-state index in [2.05, 4.69) is 10.6 Å². The lowest BCUT2D eigenvalue weighted by molar-refractivity contribution is -0.117. The highest BCUT2D eigenvalue weighted by atomic mass is 35.5. The minimum atomic E-state index is -0.197. The third-order valence-corrected chi connectivity index (χ3v) is 5.46. The Morgan fingerprint density at radius 3 is 2.54 bits per heavy atom. The van der Waals surface area contributed by atoms with Gasteiger partial charge in [-0.15, -0.1) is 11.8 Å². The number of thioether (sulfide) groups is 1. The van der Waals surface area contributed by atoms with Gasteiger partial charge in [-0.2, -0.15) is 0 Å². The lowest BCUT2D eigenvalue weighted by atomic mass is 10.2. The van der Waals surface area contributed by atoms with Crippen LogP contribution in [-0.4, -0.2) is 31.8 Å². The standard InChI is InChI=1S/C20H21ClN2O4S/c1-26-17-10-18(27-2)16(9-15(17)21)23-19(24)11-28-14-5-3-4-13(8-14)22-20(25)12-6-7-12/h3-5,8-10,12H,6-7,11H2,1-2H3,(H,22,25)(H,23,24). The predicted octanol–water partition coefficient (Wildman–Crippen LogP) is 4.44. The van der Waals surface area contributed by atoms with Crippen molar-refractivity contribution in [2.24, 2.45) is 5.92 Å². The van der Waals surface area contributed by atoms with Crippen LogP contribution in [-0.2, 0) is 9.59 Å². The van der Waals surface area contributed by atoms with Crippen molar-refractivity contribution in [3.05, 3.63) is 41.4 Å². The maximum absolute atomic E-state index is 12.3. The molecule has 0 aliphatic heterocycles. The largest absolute Gasteiger partial charge is 0.495 e. The molecule has 8 heteroatoms. The van der Waals surface area contributed by atoms with Crippen LogP contribution < -0.4 is 20.1 Å². The number of rotatable bonds is 8. The fourth-order valence-electron chi connectivity index (χ4n) is 2.55. The molecule has 2 aromatic rings. The van der Waals surface area contributed by atoms with E-state index >= 15 is 0 Å². The van der Waals surface area contributed by atoms with Crippen molar-refractivity contribution in [1.82, 2.24) is 0 Å². The van der Waals surface area contributed by atoms with Crippen molar-refractivity contribution in [2.75, 3.05) is 30.6 Å². The maximum Gasteiger partial charge on any atom is 0.234 e. The number of methoxy groups -OCH3 is 2. The molecule has 0 saturated heterocycles. The van der Waals surface area contributed by atoms with Crippen LogP contribution in [0.15, 0.2) is 41.3 Å². The average molecular weight is 421 g/mol. The van der Waals surface area contributed by atoms with Crippen LogP contribution in [0.1, 0.15) is 12.8 Å². The van der Waals surface area contributed by atoms with Crippen molar-refractivity contribution in [3.8, 4) is 11.5 Å². The first kappa shape index (κ1) is 20.4. The number of anilines is 2. The first-order valence-electron chi connectivity index (χ1n) is 8.75. The molecule has 0 aromatic heterocycles. The van der Waals surface area contributed by atoms with Gasteiger partial charge < -0.3 is 20.1 Å². The van der Waals surface area contributed by atoms with E-state index in [9.17, 15) is 9.59 Å². The first-order chi connectivity index (χ1) is 13.5. The fourth-order valence-corrected chi connectivity index (χ4v) is 3.54. The molecule has 6 nitrogen and oxygen atoms in total. The van der Waals surface area contributed by atoms with E-state index in [0.29, 0.717) is 22.2 Å². The van der Waals surface area contributed by atoms with Crippen LogP contribution in [0.25, 0.3) is 0 Å². The molecule has 1 aliphatic carbocycles. The Bertz CT molecular complexity index is 887. The number of amides is 2. The van der Waals surface area contributed by atoms with Gasteiger partial charge in [0.2, 0.25) is 11.8 Å². The minimum absolute atomic E-state index is 0.0587. The van der Waals surface area contributed by atoms with Gasteiger partial charge in [0.25, 0.3) is 0 Å². The topological polar surface area (TPSA) is 76.7 Å². The van der Waals surface area contributed by atoms with Crippen molar-refractivity contribution in [1.29, 1.82) is 0 Å². The molecule has 0 atom stereocenters. The predicted molar refractivity (Wildman–Crippen MR) is 112 cm³/mol. The SMILES string of the molecule is COc1cc(OC)c(NC(=O)CSc2cccc(NC(=O)C3CC3)c2)cc1Cl. The van der Waals surface area contributed by atoms with Crippen LogP contribution in [0.4, 0.5) is 11.4 Å². The van der Waals surface area contributed by atoms with Crippen molar-refractivity contribution in [2.45, 2.75) is 17.7 Å². The van der Waals surface area contributed by atoms with E-state index in [4.69, 9.17) is 21.1 Å². The summed E-state index contributed by atoms with van der Waals surface area (Å²) in [6.45, 7) is 0. The van der Waals surface area contributed by atoms with Crippen LogP contribution in [0.3, 0.4) is 0 Å². The van der Waals surface area contributed by atoms with Crippen LogP contribution in [0.5, 0.6) is 11.5 Å². The van der Waals surface area contributed by atoms with Gasteiger partial charge in [0, 0.05) is 22.6 Å². The van der Waals surface area contributed by atoms with Gasteiger partial charge in [-0.3, -0.25) is 9.59 Å². The van der Waals surface area contributed by atoms with Crippen LogP contribution in [0.2, 0.25) is 5.02 Å². The molecule has 148 valence electrons. The van der Waals surface area contributed by atoms with E-state index in [-0.39, 0.29) is 23.5 Å². The number of nitrogens with one attached hydrogen (secondary N) is 2. The highest BCUT2D eigenvalue weighted by Crippen LogP contribution is 2.36. The molecule has 0 radical (unpaired) electrons. The van der Waals surface area contributed by atoms with Crippen LogP contribution >= 0.6 is 23.4 Å². The molecule has 0 spiro atoms. The Morgan fingerprint density at radius 2 is 1.86 bits per heavy atom. The molecule has 0 unspecified atom stereocenters. The highest BCUT2D eigenvalue weighted by Gasteiger charge is 2.29. The van der Waals surface area contributed by atoms with E-state index in [1.165, 1.54) is 26.0 Å². The second kappa shape index (κ2) is 9.21. The highest BCUT2D eigenvalue weighted by molar-refractivity contribution is 8.00. The van der Waals surface area contributed by atoms with Crippen LogP contribution in [0, 0.1) is 5.92 Å².